The average Bonchev–Trinajstić information content (AvgIpc) is 3.40. The first-order chi connectivity index (χ1) is 36.4. The normalized spacial score (nSPS) is 19.4. The third kappa shape index (κ3) is 44.0. The van der Waals surface area contributed by atoms with E-state index in [9.17, 15) is 25.2 Å². The Morgan fingerprint density at radius 2 is 0.824 bits per heavy atom. The number of carbonyl (C=O) groups is 1. The minimum atomic E-state index is -1.55. The molecule has 0 amide bonds. The van der Waals surface area contributed by atoms with Crippen LogP contribution in [0.15, 0.2) is 109 Å². The highest BCUT2D eigenvalue weighted by atomic mass is 16.7. The summed E-state index contributed by atoms with van der Waals surface area (Å²) < 4.78 is 23.0. The number of allylic oxidation sites excluding steroid dienone is 18. The van der Waals surface area contributed by atoms with Crippen LogP contribution in [-0.2, 0) is 23.7 Å². The number of hydrogen-bond acceptors (Lipinski definition) is 9. The molecule has 1 heterocycles. The van der Waals surface area contributed by atoms with Gasteiger partial charge in [0, 0.05) is 13.0 Å². The second-order valence-corrected chi connectivity index (χ2v) is 20.1. The lowest BCUT2D eigenvalue weighted by molar-refractivity contribution is -0.305. The maximum absolute atomic E-state index is 12.9. The van der Waals surface area contributed by atoms with E-state index in [2.05, 4.69) is 123 Å². The number of unbranched alkanes of at least 4 members (excludes halogenated alkanes) is 22. The average molecular weight is 1040 g/mol. The molecule has 0 aromatic carbocycles. The molecule has 1 aliphatic rings. The summed E-state index contributed by atoms with van der Waals surface area (Å²) >= 11 is 0. The summed E-state index contributed by atoms with van der Waals surface area (Å²) in [7, 11) is 0. The number of esters is 1. The van der Waals surface area contributed by atoms with Gasteiger partial charge in [-0.05, 0) is 103 Å². The van der Waals surface area contributed by atoms with Gasteiger partial charge in [0.15, 0.2) is 6.29 Å². The molecule has 424 valence electrons. The third-order valence-corrected chi connectivity index (χ3v) is 13.2. The Labute approximate surface area is 453 Å². The fraction of sp³-hybridized carbons (Fsp3) is 0.708. The van der Waals surface area contributed by atoms with E-state index >= 15 is 0 Å². The van der Waals surface area contributed by atoms with Crippen LogP contribution < -0.4 is 0 Å². The number of aliphatic hydroxyl groups is 4. The fourth-order valence-corrected chi connectivity index (χ4v) is 8.56. The van der Waals surface area contributed by atoms with Crippen molar-refractivity contribution in [2.45, 2.75) is 269 Å². The van der Waals surface area contributed by atoms with Crippen molar-refractivity contribution in [3.05, 3.63) is 109 Å². The molecule has 6 unspecified atom stereocenters. The molecule has 1 fully saturated rings. The van der Waals surface area contributed by atoms with Gasteiger partial charge in [-0.15, -0.1) is 0 Å². The molecule has 4 N–H and O–H groups in total. The molecule has 6 atom stereocenters. The molecule has 74 heavy (non-hydrogen) atoms. The van der Waals surface area contributed by atoms with Crippen LogP contribution in [0.1, 0.15) is 232 Å². The van der Waals surface area contributed by atoms with Crippen LogP contribution in [0.25, 0.3) is 0 Å². The van der Waals surface area contributed by atoms with Crippen molar-refractivity contribution in [2.75, 3.05) is 26.4 Å². The van der Waals surface area contributed by atoms with E-state index in [1.54, 1.807) is 0 Å². The molecule has 9 nitrogen and oxygen atoms in total. The molecule has 0 bridgehead atoms. The Hall–Kier alpha value is -3.15. The van der Waals surface area contributed by atoms with E-state index in [1.807, 2.05) is 0 Å². The first-order valence-electron chi connectivity index (χ1n) is 30.0. The lowest BCUT2D eigenvalue weighted by Gasteiger charge is -2.39. The minimum Gasteiger partial charge on any atom is -0.457 e. The van der Waals surface area contributed by atoms with E-state index < -0.39 is 43.4 Å². The lowest BCUT2D eigenvalue weighted by atomic mass is 9.99. The minimum absolute atomic E-state index is 0.125. The van der Waals surface area contributed by atoms with E-state index in [1.165, 1.54) is 122 Å². The summed E-state index contributed by atoms with van der Waals surface area (Å²) in [6, 6.07) is 0. The molecular weight excluding hydrogens is 925 g/mol. The summed E-state index contributed by atoms with van der Waals surface area (Å²) in [5, 5.41) is 40.4. The van der Waals surface area contributed by atoms with Crippen molar-refractivity contribution in [3.63, 3.8) is 0 Å². The molecule has 1 aliphatic heterocycles. The van der Waals surface area contributed by atoms with Gasteiger partial charge in [0.1, 0.15) is 30.5 Å². The SMILES string of the molecule is CC/C=C\C/C=C\C/C=C\C/C=C\C/C=C\C/C=C\C/C=C\CCCCCC(=O)OC(COCCCCCCCCCCCCCCCC/C=C\C/C=C\CCCCCCC)COC1OC(CO)C(O)C(O)C1O. The highest BCUT2D eigenvalue weighted by Gasteiger charge is 2.44. The highest BCUT2D eigenvalue weighted by molar-refractivity contribution is 5.69. The molecule has 0 spiro atoms. The summed E-state index contributed by atoms with van der Waals surface area (Å²) in [6.07, 6.45) is 71.4. The van der Waals surface area contributed by atoms with Crippen molar-refractivity contribution in [2.24, 2.45) is 0 Å². The van der Waals surface area contributed by atoms with Crippen LogP contribution in [0, 0.1) is 0 Å². The first-order valence-corrected chi connectivity index (χ1v) is 30.0. The number of ether oxygens (including phenoxy) is 4. The van der Waals surface area contributed by atoms with E-state index in [0.29, 0.717) is 13.0 Å². The Morgan fingerprint density at radius 1 is 0.446 bits per heavy atom. The maximum atomic E-state index is 12.9. The maximum Gasteiger partial charge on any atom is 0.306 e. The molecule has 0 saturated carbocycles. The zero-order valence-electron chi connectivity index (χ0n) is 47.1. The van der Waals surface area contributed by atoms with Crippen LogP contribution in [0.3, 0.4) is 0 Å². The molecule has 0 aromatic heterocycles. The summed E-state index contributed by atoms with van der Waals surface area (Å²) in [4.78, 5) is 12.9. The van der Waals surface area contributed by atoms with E-state index in [4.69, 9.17) is 18.9 Å². The number of hydrogen-bond donors (Lipinski definition) is 4. The van der Waals surface area contributed by atoms with Gasteiger partial charge in [-0.25, -0.2) is 0 Å². The summed E-state index contributed by atoms with van der Waals surface area (Å²) in [5.41, 5.74) is 0. The zero-order valence-corrected chi connectivity index (χ0v) is 47.1. The van der Waals surface area contributed by atoms with Gasteiger partial charge >= 0.3 is 5.97 Å². The Morgan fingerprint density at radius 3 is 1.24 bits per heavy atom. The molecule has 0 radical (unpaired) electrons. The van der Waals surface area contributed by atoms with Gasteiger partial charge in [-0.3, -0.25) is 4.79 Å². The summed E-state index contributed by atoms with van der Waals surface area (Å²) in [5.74, 6) is -0.347. The van der Waals surface area contributed by atoms with Crippen LogP contribution >= 0.6 is 0 Å². The van der Waals surface area contributed by atoms with Crippen molar-refractivity contribution in [3.8, 4) is 0 Å². The van der Waals surface area contributed by atoms with Crippen LogP contribution in [0.4, 0.5) is 0 Å². The zero-order chi connectivity index (χ0) is 53.5. The van der Waals surface area contributed by atoms with Gasteiger partial charge in [0.25, 0.3) is 0 Å². The number of aliphatic hydroxyl groups excluding tert-OH is 4. The van der Waals surface area contributed by atoms with Crippen molar-refractivity contribution in [1.82, 2.24) is 0 Å². The lowest BCUT2D eigenvalue weighted by Crippen LogP contribution is -2.59. The topological polar surface area (TPSA) is 135 Å². The van der Waals surface area contributed by atoms with Gasteiger partial charge in [-0.2, -0.15) is 0 Å². The molecule has 9 heteroatoms. The second-order valence-electron chi connectivity index (χ2n) is 20.1. The number of carbonyl (C=O) groups excluding carboxylic acids is 1. The Bertz CT molecular complexity index is 1510. The third-order valence-electron chi connectivity index (χ3n) is 13.2. The molecule has 0 aromatic rings. The Kier molecular flexibility index (Phi) is 50.8. The monoisotopic (exact) mass is 1030 g/mol. The van der Waals surface area contributed by atoms with E-state index in [0.717, 1.165) is 83.5 Å². The second kappa shape index (κ2) is 54.6. The molecule has 0 aliphatic carbocycles. The fourth-order valence-electron chi connectivity index (χ4n) is 8.56. The van der Waals surface area contributed by atoms with Crippen LogP contribution in [-0.4, -0.2) is 89.6 Å². The molecule has 1 rings (SSSR count). The van der Waals surface area contributed by atoms with Crippen molar-refractivity contribution >= 4 is 5.97 Å². The standard InChI is InChI=1S/C65H110O9/c1-3-5-7-9-11-13-15-17-19-21-23-25-27-29-31-33-35-37-39-41-43-45-47-49-51-53-55-71-57-59(58-72-65-64(70)63(69)62(68)60(56-66)74-65)73-61(67)54-52-50-48-46-44-42-40-38-36-34-32-30-28-26-24-22-20-18-16-14-12-10-8-6-4-2/h6,8,12,14-15,17-18,20-21,23-24,26,30,32,36,38,42,44,59-60,62-66,68-70H,3-5,7,9-11,13,16,19,22,25,27-29,31,33-35,37,39-41,43,45-58H2,1-2H3/b8-6-,14-12-,17-15-,20-18-,23-21-,26-24-,32-30-,38-36-,44-42-. The largest absolute Gasteiger partial charge is 0.457 e. The molecule has 1 saturated heterocycles. The highest BCUT2D eigenvalue weighted by Crippen LogP contribution is 2.23. The quantitative estimate of drug-likeness (QED) is 0.0267. The van der Waals surface area contributed by atoms with Crippen LogP contribution in [0.2, 0.25) is 0 Å². The first kappa shape index (κ1) is 68.9. The van der Waals surface area contributed by atoms with Gasteiger partial charge in [0.2, 0.25) is 0 Å². The number of rotatable bonds is 51. The Balaban J connectivity index is 2.19. The van der Waals surface area contributed by atoms with Gasteiger partial charge in [-0.1, -0.05) is 232 Å². The molecular formula is C65H110O9. The predicted octanol–water partition coefficient (Wildman–Crippen LogP) is 16.0. The van der Waals surface area contributed by atoms with E-state index in [-0.39, 0.29) is 25.6 Å². The predicted molar refractivity (Wildman–Crippen MR) is 311 cm³/mol. The van der Waals surface area contributed by atoms with Gasteiger partial charge < -0.3 is 39.4 Å². The van der Waals surface area contributed by atoms with Crippen molar-refractivity contribution in [1.29, 1.82) is 0 Å². The van der Waals surface area contributed by atoms with Crippen molar-refractivity contribution < 1.29 is 44.2 Å². The van der Waals surface area contributed by atoms with Gasteiger partial charge in [0.05, 0.1) is 19.8 Å². The smallest absolute Gasteiger partial charge is 0.306 e. The van der Waals surface area contributed by atoms with Crippen LogP contribution in [0.5, 0.6) is 0 Å². The summed E-state index contributed by atoms with van der Waals surface area (Å²) in [6.45, 7) is 4.40.